The molecule has 2 aromatic rings. The van der Waals surface area contributed by atoms with Crippen LogP contribution in [0.25, 0.3) is 0 Å². The fourth-order valence-corrected chi connectivity index (χ4v) is 2.17. The Morgan fingerprint density at radius 3 is 2.58 bits per heavy atom. The highest BCUT2D eigenvalue weighted by molar-refractivity contribution is 6.55. The predicted molar refractivity (Wildman–Crippen MR) is 72.4 cm³/mol. The van der Waals surface area contributed by atoms with Gasteiger partial charge in [0.2, 0.25) is 0 Å². The highest BCUT2D eigenvalue weighted by atomic mass is 35.5. The van der Waals surface area contributed by atoms with Crippen LogP contribution >= 0.6 is 23.2 Å². The Balaban J connectivity index is 2.39. The van der Waals surface area contributed by atoms with Gasteiger partial charge in [0.05, 0.1) is 0 Å². The van der Waals surface area contributed by atoms with Crippen molar-refractivity contribution < 1.29 is 9.50 Å². The molecule has 2 rings (SSSR count). The van der Waals surface area contributed by atoms with Crippen molar-refractivity contribution in [2.24, 2.45) is 0 Å². The van der Waals surface area contributed by atoms with Crippen molar-refractivity contribution in [2.75, 3.05) is 0 Å². The monoisotopic (exact) mass is 300 g/mol. The number of aromatic nitrogens is 2. The molecule has 6 heteroatoms. The molecule has 0 saturated carbocycles. The maximum atomic E-state index is 12.9. The number of benzene rings is 1. The molecule has 0 radical (unpaired) electrons. The van der Waals surface area contributed by atoms with Gasteiger partial charge in [0.1, 0.15) is 21.7 Å². The van der Waals surface area contributed by atoms with Gasteiger partial charge in [-0.2, -0.15) is 0 Å². The Morgan fingerprint density at radius 2 is 2.05 bits per heavy atom. The molecule has 1 aromatic carbocycles. The van der Waals surface area contributed by atoms with E-state index in [4.69, 9.17) is 23.2 Å². The second kappa shape index (κ2) is 5.74. The number of imidazole rings is 1. The summed E-state index contributed by atoms with van der Waals surface area (Å²) in [5.74, 6) is 0.183. The van der Waals surface area contributed by atoms with Crippen molar-refractivity contribution >= 4 is 23.2 Å². The lowest BCUT2D eigenvalue weighted by Crippen LogP contribution is -2.27. The SMILES string of the molecule is OC(C=C(Cl)Cl)(Cc1ncc[nH]1)c1ccc(F)cc1. The van der Waals surface area contributed by atoms with Crippen LogP contribution in [0.3, 0.4) is 0 Å². The van der Waals surface area contributed by atoms with E-state index in [1.807, 2.05) is 0 Å². The van der Waals surface area contributed by atoms with Crippen LogP contribution in [0.2, 0.25) is 0 Å². The molecular formula is C13H11Cl2FN2O. The second-order valence-electron chi connectivity index (χ2n) is 4.08. The Labute approximate surface area is 119 Å². The first-order valence-electron chi connectivity index (χ1n) is 5.50. The van der Waals surface area contributed by atoms with Gasteiger partial charge in [0, 0.05) is 18.8 Å². The highest BCUT2D eigenvalue weighted by Crippen LogP contribution is 2.29. The van der Waals surface area contributed by atoms with Gasteiger partial charge < -0.3 is 10.1 Å². The van der Waals surface area contributed by atoms with Gasteiger partial charge in [-0.25, -0.2) is 9.37 Å². The Kier molecular flexibility index (Phi) is 4.24. The van der Waals surface area contributed by atoms with E-state index in [0.717, 1.165) is 0 Å². The Morgan fingerprint density at radius 1 is 1.37 bits per heavy atom. The van der Waals surface area contributed by atoms with Crippen LogP contribution in [-0.2, 0) is 12.0 Å². The number of nitrogens with one attached hydrogen (secondary N) is 1. The third-order valence-corrected chi connectivity index (χ3v) is 2.90. The summed E-state index contributed by atoms with van der Waals surface area (Å²) >= 11 is 11.3. The third-order valence-electron chi connectivity index (χ3n) is 2.68. The predicted octanol–water partition coefficient (Wildman–Crippen LogP) is 3.30. The molecule has 0 fully saturated rings. The van der Waals surface area contributed by atoms with E-state index in [1.165, 1.54) is 30.3 Å². The fraction of sp³-hybridized carbons (Fsp3) is 0.154. The van der Waals surface area contributed by atoms with Gasteiger partial charge in [-0.1, -0.05) is 35.3 Å². The largest absolute Gasteiger partial charge is 0.380 e. The van der Waals surface area contributed by atoms with E-state index >= 15 is 0 Å². The average Bonchev–Trinajstić information content (AvgIpc) is 2.81. The first-order chi connectivity index (χ1) is 8.99. The zero-order valence-electron chi connectivity index (χ0n) is 9.78. The third kappa shape index (κ3) is 3.56. The summed E-state index contributed by atoms with van der Waals surface area (Å²) in [6.07, 6.45) is 4.67. The van der Waals surface area contributed by atoms with E-state index in [0.29, 0.717) is 11.4 Å². The fourth-order valence-electron chi connectivity index (χ4n) is 1.81. The summed E-state index contributed by atoms with van der Waals surface area (Å²) in [4.78, 5) is 6.93. The molecule has 1 atom stereocenters. The molecule has 1 unspecified atom stereocenters. The molecule has 1 heterocycles. The van der Waals surface area contributed by atoms with Gasteiger partial charge in [-0.15, -0.1) is 0 Å². The van der Waals surface area contributed by atoms with Crippen molar-refractivity contribution in [1.82, 2.24) is 9.97 Å². The minimum Gasteiger partial charge on any atom is -0.380 e. The standard InChI is InChI=1S/C13H11Cl2FN2O/c14-11(15)7-13(19,8-12-17-5-6-18-12)9-1-3-10(16)4-2-9/h1-7,19H,8H2,(H,17,18). The number of nitrogens with zero attached hydrogens (tertiary/aromatic N) is 1. The zero-order chi connectivity index (χ0) is 13.9. The summed E-state index contributed by atoms with van der Waals surface area (Å²) in [5.41, 5.74) is -0.978. The number of rotatable bonds is 4. The van der Waals surface area contributed by atoms with Crippen molar-refractivity contribution in [1.29, 1.82) is 0 Å². The quantitative estimate of drug-likeness (QED) is 0.910. The van der Waals surface area contributed by atoms with E-state index in [1.54, 1.807) is 12.4 Å². The lowest BCUT2D eigenvalue weighted by molar-refractivity contribution is 0.0876. The molecule has 0 amide bonds. The Bertz CT molecular complexity index is 565. The molecule has 0 spiro atoms. The van der Waals surface area contributed by atoms with Crippen LogP contribution < -0.4 is 0 Å². The minimum atomic E-state index is -1.45. The lowest BCUT2D eigenvalue weighted by atomic mass is 9.90. The maximum Gasteiger partial charge on any atom is 0.123 e. The first-order valence-corrected chi connectivity index (χ1v) is 6.26. The van der Waals surface area contributed by atoms with Crippen LogP contribution in [0.1, 0.15) is 11.4 Å². The first kappa shape index (κ1) is 14.1. The van der Waals surface area contributed by atoms with Crippen molar-refractivity contribution in [3.8, 4) is 0 Å². The molecule has 2 N–H and O–H groups in total. The van der Waals surface area contributed by atoms with Crippen LogP contribution in [0.5, 0.6) is 0 Å². The Hall–Kier alpha value is -1.36. The van der Waals surface area contributed by atoms with Gasteiger partial charge in [-0.3, -0.25) is 0 Å². The zero-order valence-corrected chi connectivity index (χ0v) is 11.3. The van der Waals surface area contributed by atoms with E-state index < -0.39 is 5.60 Å². The van der Waals surface area contributed by atoms with E-state index in [2.05, 4.69) is 9.97 Å². The highest BCUT2D eigenvalue weighted by Gasteiger charge is 2.29. The summed E-state index contributed by atoms with van der Waals surface area (Å²) < 4.78 is 12.9. The minimum absolute atomic E-state index is 0.0709. The molecule has 0 bridgehead atoms. The summed E-state index contributed by atoms with van der Waals surface area (Å²) in [6.45, 7) is 0. The molecule has 1 aromatic heterocycles. The molecule has 100 valence electrons. The average molecular weight is 301 g/mol. The van der Waals surface area contributed by atoms with Crippen LogP contribution in [0, 0.1) is 5.82 Å². The molecule has 0 aliphatic heterocycles. The summed E-state index contributed by atoms with van der Waals surface area (Å²) in [5, 5.41) is 10.7. The van der Waals surface area contributed by atoms with Gasteiger partial charge in [0.25, 0.3) is 0 Å². The van der Waals surface area contributed by atoms with Crippen molar-refractivity contribution in [3.05, 3.63) is 64.4 Å². The smallest absolute Gasteiger partial charge is 0.123 e. The summed E-state index contributed by atoms with van der Waals surface area (Å²) in [7, 11) is 0. The topological polar surface area (TPSA) is 48.9 Å². The van der Waals surface area contributed by atoms with Crippen molar-refractivity contribution in [2.45, 2.75) is 12.0 Å². The van der Waals surface area contributed by atoms with Gasteiger partial charge in [0.15, 0.2) is 0 Å². The molecular weight excluding hydrogens is 290 g/mol. The van der Waals surface area contributed by atoms with Crippen molar-refractivity contribution in [3.63, 3.8) is 0 Å². The number of hydrogen-bond donors (Lipinski definition) is 2. The number of H-pyrrole nitrogens is 1. The molecule has 0 aliphatic carbocycles. The molecule has 19 heavy (non-hydrogen) atoms. The van der Waals surface area contributed by atoms with E-state index in [-0.39, 0.29) is 16.7 Å². The number of halogens is 3. The number of aromatic amines is 1. The normalized spacial score (nSPS) is 13.9. The molecule has 0 saturated heterocycles. The number of hydrogen-bond acceptors (Lipinski definition) is 2. The lowest BCUT2D eigenvalue weighted by Gasteiger charge is -2.24. The maximum absolute atomic E-state index is 12.9. The summed E-state index contributed by atoms with van der Waals surface area (Å²) in [6, 6.07) is 5.48. The van der Waals surface area contributed by atoms with Gasteiger partial charge in [-0.05, 0) is 23.8 Å². The number of aliphatic hydroxyl groups is 1. The van der Waals surface area contributed by atoms with Crippen LogP contribution in [-0.4, -0.2) is 15.1 Å². The van der Waals surface area contributed by atoms with Gasteiger partial charge >= 0.3 is 0 Å². The molecule has 0 aliphatic rings. The van der Waals surface area contributed by atoms with E-state index in [9.17, 15) is 9.50 Å². The second-order valence-corrected chi connectivity index (χ2v) is 5.09. The van der Waals surface area contributed by atoms with Crippen LogP contribution in [0.4, 0.5) is 4.39 Å². The van der Waals surface area contributed by atoms with Crippen LogP contribution in [0.15, 0.2) is 47.2 Å². The molecule has 3 nitrogen and oxygen atoms in total.